The average Bonchev–Trinajstić information content (AvgIpc) is 1.95. The molecule has 0 aromatic rings. The smallest absolute Gasteiger partial charge is 0.211 e. The van der Waals surface area contributed by atoms with Gasteiger partial charge in [-0.15, -0.1) is 0 Å². The molecule has 1 N–H and O–H groups in total. The Labute approximate surface area is 91.3 Å². The van der Waals surface area contributed by atoms with Crippen molar-refractivity contribution in [2.24, 2.45) is 17.3 Å². The molecular weight excluding hydrogens is 214 g/mol. The monoisotopic (exact) mass is 233 g/mol. The van der Waals surface area contributed by atoms with E-state index in [1.807, 2.05) is 0 Å². The highest BCUT2D eigenvalue weighted by Gasteiger charge is 2.61. The summed E-state index contributed by atoms with van der Waals surface area (Å²) >= 11 is 0. The molecule has 2 atom stereocenters. The fraction of sp³-hybridized carbons (Fsp3) is 1.00. The molecule has 15 heavy (non-hydrogen) atoms. The second-order valence-electron chi connectivity index (χ2n) is 5.45. The maximum Gasteiger partial charge on any atom is 0.211 e. The molecule has 2 rings (SSSR count). The topological polar surface area (TPSA) is 57.6 Å². The van der Waals surface area contributed by atoms with Gasteiger partial charge < -0.3 is 5.11 Å². The Hall–Kier alpha value is -0.130. The quantitative estimate of drug-likeness (QED) is 0.745. The third-order valence-corrected chi connectivity index (χ3v) is 5.18. The summed E-state index contributed by atoms with van der Waals surface area (Å²) in [5.41, 5.74) is -0.113. The molecule has 0 aromatic heterocycles. The van der Waals surface area contributed by atoms with E-state index < -0.39 is 10.0 Å². The molecule has 0 radical (unpaired) electrons. The molecule has 1 heterocycles. The molecule has 2 aliphatic rings. The van der Waals surface area contributed by atoms with Gasteiger partial charge in [-0.05, 0) is 18.3 Å². The number of hydrogen-bond donors (Lipinski definition) is 1. The first-order valence-electron chi connectivity index (χ1n) is 5.39. The van der Waals surface area contributed by atoms with Crippen LogP contribution in [0.4, 0.5) is 0 Å². The molecular formula is C10H19NO3S. The number of rotatable bonds is 2. The van der Waals surface area contributed by atoms with E-state index in [-0.39, 0.29) is 11.5 Å². The van der Waals surface area contributed by atoms with Gasteiger partial charge in [0.05, 0.1) is 12.4 Å². The maximum absolute atomic E-state index is 11.2. The summed E-state index contributed by atoms with van der Waals surface area (Å²) in [6.07, 6.45) is 1.89. The van der Waals surface area contributed by atoms with Gasteiger partial charge in [-0.2, -0.15) is 0 Å². The van der Waals surface area contributed by atoms with Crippen LogP contribution in [0.5, 0.6) is 0 Å². The van der Waals surface area contributed by atoms with Gasteiger partial charge in [0.15, 0.2) is 0 Å². The third kappa shape index (κ3) is 1.61. The van der Waals surface area contributed by atoms with Crippen molar-refractivity contribution in [3.8, 4) is 0 Å². The van der Waals surface area contributed by atoms with Gasteiger partial charge in [0.25, 0.3) is 0 Å². The molecule has 1 saturated heterocycles. The predicted molar refractivity (Wildman–Crippen MR) is 57.8 cm³/mol. The molecule has 1 aliphatic heterocycles. The van der Waals surface area contributed by atoms with Crippen LogP contribution in [-0.4, -0.2) is 43.3 Å². The number of sulfonamides is 1. The van der Waals surface area contributed by atoms with Crippen LogP contribution >= 0.6 is 0 Å². The first-order valence-corrected chi connectivity index (χ1v) is 7.24. The molecule has 1 spiro atoms. The van der Waals surface area contributed by atoms with Gasteiger partial charge >= 0.3 is 0 Å². The van der Waals surface area contributed by atoms with Crippen molar-refractivity contribution in [3.63, 3.8) is 0 Å². The van der Waals surface area contributed by atoms with Crippen LogP contribution < -0.4 is 0 Å². The van der Waals surface area contributed by atoms with E-state index in [9.17, 15) is 13.5 Å². The Morgan fingerprint density at radius 3 is 2.27 bits per heavy atom. The van der Waals surface area contributed by atoms with Crippen LogP contribution in [0.2, 0.25) is 0 Å². The first kappa shape index (κ1) is 11.4. The highest BCUT2D eigenvalue weighted by Crippen LogP contribution is 2.54. The Bertz CT molecular complexity index is 357. The van der Waals surface area contributed by atoms with Crippen molar-refractivity contribution >= 4 is 10.0 Å². The minimum absolute atomic E-state index is 0.113. The number of aliphatic hydroxyl groups is 1. The Morgan fingerprint density at radius 2 is 1.93 bits per heavy atom. The highest BCUT2D eigenvalue weighted by molar-refractivity contribution is 7.88. The summed E-state index contributed by atoms with van der Waals surface area (Å²) < 4.78 is 23.9. The molecule has 0 aromatic carbocycles. The van der Waals surface area contributed by atoms with Crippen molar-refractivity contribution in [1.29, 1.82) is 0 Å². The molecule has 0 bridgehead atoms. The van der Waals surface area contributed by atoms with Gasteiger partial charge in [-0.25, -0.2) is 12.7 Å². The zero-order chi connectivity index (χ0) is 11.4. The lowest BCUT2D eigenvalue weighted by molar-refractivity contribution is -0.186. The van der Waals surface area contributed by atoms with Crippen LogP contribution in [-0.2, 0) is 10.0 Å². The van der Waals surface area contributed by atoms with Crippen LogP contribution in [0.25, 0.3) is 0 Å². The molecule has 1 saturated carbocycles. The lowest BCUT2D eigenvalue weighted by Gasteiger charge is -2.62. The van der Waals surface area contributed by atoms with E-state index in [0.717, 1.165) is 6.42 Å². The molecule has 2 unspecified atom stereocenters. The van der Waals surface area contributed by atoms with Crippen molar-refractivity contribution in [2.75, 3.05) is 19.3 Å². The minimum Gasteiger partial charge on any atom is -0.392 e. The fourth-order valence-electron chi connectivity index (χ4n) is 2.80. The number of nitrogens with zero attached hydrogens (tertiary/aromatic N) is 1. The zero-order valence-corrected chi connectivity index (χ0v) is 10.3. The molecule has 4 nitrogen and oxygen atoms in total. The maximum atomic E-state index is 11.2. The van der Waals surface area contributed by atoms with Crippen LogP contribution in [0, 0.1) is 17.3 Å². The minimum atomic E-state index is -3.05. The van der Waals surface area contributed by atoms with E-state index in [1.54, 1.807) is 0 Å². The lowest BCUT2D eigenvalue weighted by Crippen LogP contribution is -2.71. The van der Waals surface area contributed by atoms with Gasteiger partial charge in [0.2, 0.25) is 10.0 Å². The third-order valence-electron chi connectivity index (χ3n) is 3.98. The van der Waals surface area contributed by atoms with Crippen LogP contribution in [0.3, 0.4) is 0 Å². The van der Waals surface area contributed by atoms with Crippen molar-refractivity contribution in [2.45, 2.75) is 26.4 Å². The van der Waals surface area contributed by atoms with Crippen molar-refractivity contribution < 1.29 is 13.5 Å². The van der Waals surface area contributed by atoms with E-state index in [4.69, 9.17) is 0 Å². The van der Waals surface area contributed by atoms with Gasteiger partial charge in [0, 0.05) is 18.5 Å². The molecule has 1 aliphatic carbocycles. The second kappa shape index (κ2) is 3.18. The summed E-state index contributed by atoms with van der Waals surface area (Å²) in [7, 11) is -3.05. The summed E-state index contributed by atoms with van der Waals surface area (Å²) in [4.78, 5) is 0. The Kier molecular flexibility index (Phi) is 2.41. The summed E-state index contributed by atoms with van der Waals surface area (Å²) in [6, 6.07) is 0. The molecule has 88 valence electrons. The highest BCUT2D eigenvalue weighted by atomic mass is 32.2. The predicted octanol–water partition coefficient (Wildman–Crippen LogP) is 0.285. The Balaban J connectivity index is 1.96. The van der Waals surface area contributed by atoms with E-state index >= 15 is 0 Å². The van der Waals surface area contributed by atoms with Crippen LogP contribution in [0.1, 0.15) is 20.3 Å². The summed E-state index contributed by atoms with van der Waals surface area (Å²) in [5.74, 6) is 0.838. The molecule has 5 heteroatoms. The molecule has 2 fully saturated rings. The van der Waals surface area contributed by atoms with E-state index in [0.29, 0.717) is 24.9 Å². The van der Waals surface area contributed by atoms with E-state index in [1.165, 1.54) is 10.6 Å². The second-order valence-corrected chi connectivity index (χ2v) is 7.43. The number of aliphatic hydroxyl groups excluding tert-OH is 1. The summed E-state index contributed by atoms with van der Waals surface area (Å²) in [5, 5.41) is 10.0. The fourth-order valence-corrected chi connectivity index (χ4v) is 3.79. The van der Waals surface area contributed by atoms with Crippen molar-refractivity contribution in [3.05, 3.63) is 0 Å². The van der Waals surface area contributed by atoms with E-state index in [2.05, 4.69) is 13.8 Å². The van der Waals surface area contributed by atoms with Gasteiger partial charge in [0.1, 0.15) is 0 Å². The van der Waals surface area contributed by atoms with Crippen LogP contribution in [0.15, 0.2) is 0 Å². The van der Waals surface area contributed by atoms with Crippen molar-refractivity contribution in [1.82, 2.24) is 4.31 Å². The SMILES string of the molecule is CC(C)C1CC2(CN(S(C)(=O)=O)C2)C1O. The molecule has 0 amide bonds. The van der Waals surface area contributed by atoms with Gasteiger partial charge in [-0.1, -0.05) is 13.8 Å². The summed E-state index contributed by atoms with van der Waals surface area (Å²) in [6.45, 7) is 5.23. The average molecular weight is 233 g/mol. The van der Waals surface area contributed by atoms with Gasteiger partial charge in [-0.3, -0.25) is 0 Å². The standard InChI is InChI=1S/C10H19NO3S/c1-7(2)8-4-10(9(8)12)5-11(6-10)15(3,13)14/h7-9,12H,4-6H2,1-3H3. The lowest BCUT2D eigenvalue weighted by atomic mass is 9.53. The largest absolute Gasteiger partial charge is 0.392 e. The number of hydrogen-bond acceptors (Lipinski definition) is 3. The normalized spacial score (nSPS) is 35.3. The zero-order valence-electron chi connectivity index (χ0n) is 9.47. The Morgan fingerprint density at radius 1 is 1.40 bits per heavy atom. The first-order chi connectivity index (χ1) is 6.76.